The van der Waals surface area contributed by atoms with Gasteiger partial charge in [0.25, 0.3) is 5.91 Å². The molecule has 4 rings (SSSR count). The summed E-state index contributed by atoms with van der Waals surface area (Å²) in [5.74, 6) is 0.844. The third kappa shape index (κ3) is 4.29. The van der Waals surface area contributed by atoms with Gasteiger partial charge in [-0.1, -0.05) is 18.2 Å². The number of anilines is 2. The molecule has 0 fully saturated rings. The molecular formula is C20H17N3O4S. The maximum Gasteiger partial charge on any atom is 0.257 e. The Hall–Kier alpha value is -3.39. The molecule has 1 aliphatic heterocycles. The molecule has 0 unspecified atom stereocenters. The number of benzene rings is 2. The van der Waals surface area contributed by atoms with Crippen molar-refractivity contribution in [2.45, 2.75) is 6.42 Å². The van der Waals surface area contributed by atoms with E-state index in [-0.39, 0.29) is 18.2 Å². The Morgan fingerprint density at radius 1 is 1.00 bits per heavy atom. The summed E-state index contributed by atoms with van der Waals surface area (Å²) in [5.41, 5.74) is 1.76. The highest BCUT2D eigenvalue weighted by atomic mass is 32.1. The second-order valence-corrected chi connectivity index (χ2v) is 6.91. The summed E-state index contributed by atoms with van der Waals surface area (Å²) in [6, 6.07) is 14.2. The van der Waals surface area contributed by atoms with E-state index < -0.39 is 0 Å². The van der Waals surface area contributed by atoms with Crippen molar-refractivity contribution >= 4 is 34.0 Å². The molecular weight excluding hydrogens is 378 g/mol. The third-order valence-corrected chi connectivity index (χ3v) is 4.78. The predicted molar refractivity (Wildman–Crippen MR) is 106 cm³/mol. The number of ether oxygens (including phenoxy) is 2. The van der Waals surface area contributed by atoms with Gasteiger partial charge in [-0.2, -0.15) is 0 Å². The highest BCUT2D eigenvalue weighted by Gasteiger charge is 2.14. The quantitative estimate of drug-likeness (QED) is 0.692. The van der Waals surface area contributed by atoms with Gasteiger partial charge in [-0.25, -0.2) is 4.98 Å². The molecule has 0 atom stereocenters. The Morgan fingerprint density at radius 3 is 2.61 bits per heavy atom. The van der Waals surface area contributed by atoms with Crippen LogP contribution >= 0.6 is 11.3 Å². The van der Waals surface area contributed by atoms with Crippen LogP contribution in [0.2, 0.25) is 0 Å². The van der Waals surface area contributed by atoms with Gasteiger partial charge in [0, 0.05) is 22.7 Å². The average Bonchev–Trinajstić information content (AvgIpc) is 3.15. The molecule has 3 aromatic rings. The van der Waals surface area contributed by atoms with Crippen LogP contribution in [0, 0.1) is 0 Å². The lowest BCUT2D eigenvalue weighted by Crippen LogP contribution is -2.17. The summed E-state index contributed by atoms with van der Waals surface area (Å²) in [6.07, 6.45) is 0.103. The fraction of sp³-hybridized carbons (Fsp3) is 0.150. The van der Waals surface area contributed by atoms with E-state index in [2.05, 4.69) is 15.6 Å². The van der Waals surface area contributed by atoms with Gasteiger partial charge in [-0.05, 0) is 24.3 Å². The van der Waals surface area contributed by atoms with Crippen molar-refractivity contribution in [3.8, 4) is 11.5 Å². The zero-order valence-electron chi connectivity index (χ0n) is 14.8. The SMILES string of the molecule is O=C(Cc1csc(NC(=O)c2ccccc2)n1)Nc1ccc2c(c1)OCCO2. The molecule has 0 saturated heterocycles. The number of nitrogens with zero attached hydrogens (tertiary/aromatic N) is 1. The van der Waals surface area contributed by atoms with Crippen molar-refractivity contribution in [1.82, 2.24) is 4.98 Å². The second kappa shape index (κ2) is 8.10. The summed E-state index contributed by atoms with van der Waals surface area (Å²) < 4.78 is 11.0. The largest absolute Gasteiger partial charge is 0.486 e. The lowest BCUT2D eigenvalue weighted by molar-refractivity contribution is -0.115. The number of hydrogen-bond acceptors (Lipinski definition) is 6. The first-order valence-electron chi connectivity index (χ1n) is 8.68. The number of rotatable bonds is 5. The van der Waals surface area contributed by atoms with Crippen LogP contribution in [0.3, 0.4) is 0 Å². The van der Waals surface area contributed by atoms with Crippen molar-refractivity contribution in [2.75, 3.05) is 23.8 Å². The van der Waals surface area contributed by atoms with E-state index in [0.717, 1.165) is 0 Å². The molecule has 28 heavy (non-hydrogen) atoms. The van der Waals surface area contributed by atoms with E-state index in [1.54, 1.807) is 47.8 Å². The summed E-state index contributed by atoms with van der Waals surface area (Å²) in [7, 11) is 0. The smallest absolute Gasteiger partial charge is 0.257 e. The number of hydrogen-bond donors (Lipinski definition) is 2. The van der Waals surface area contributed by atoms with Crippen molar-refractivity contribution in [1.29, 1.82) is 0 Å². The molecule has 0 bridgehead atoms. The first kappa shape index (κ1) is 18.0. The topological polar surface area (TPSA) is 89.6 Å². The van der Waals surface area contributed by atoms with Gasteiger partial charge >= 0.3 is 0 Å². The minimum atomic E-state index is -0.234. The minimum Gasteiger partial charge on any atom is -0.486 e. The molecule has 7 nitrogen and oxygen atoms in total. The first-order chi connectivity index (χ1) is 13.7. The molecule has 8 heteroatoms. The fourth-order valence-electron chi connectivity index (χ4n) is 2.70. The summed E-state index contributed by atoms with van der Waals surface area (Å²) >= 11 is 1.28. The lowest BCUT2D eigenvalue weighted by Gasteiger charge is -2.18. The normalized spacial score (nSPS) is 12.3. The Bertz CT molecular complexity index is 1000. The summed E-state index contributed by atoms with van der Waals surface area (Å²) in [4.78, 5) is 28.8. The highest BCUT2D eigenvalue weighted by Crippen LogP contribution is 2.32. The predicted octanol–water partition coefficient (Wildman–Crippen LogP) is 3.35. The standard InChI is InChI=1S/C20H17N3O4S/c24-18(21-14-6-7-16-17(10-14)27-9-8-26-16)11-15-12-28-20(22-15)23-19(25)13-4-2-1-3-5-13/h1-7,10,12H,8-9,11H2,(H,21,24)(H,22,23,25). The van der Waals surface area contributed by atoms with Gasteiger partial charge in [0.2, 0.25) is 5.91 Å². The van der Waals surface area contributed by atoms with Crippen molar-refractivity contribution in [3.63, 3.8) is 0 Å². The molecule has 0 saturated carbocycles. The Labute approximate surface area is 165 Å². The molecule has 0 radical (unpaired) electrons. The zero-order valence-corrected chi connectivity index (χ0v) is 15.6. The van der Waals surface area contributed by atoms with E-state index in [1.165, 1.54) is 11.3 Å². The molecule has 2 amide bonds. The van der Waals surface area contributed by atoms with Crippen LogP contribution in [0.5, 0.6) is 11.5 Å². The van der Waals surface area contributed by atoms with Gasteiger partial charge in [-0.3, -0.25) is 14.9 Å². The number of nitrogens with one attached hydrogen (secondary N) is 2. The Kier molecular flexibility index (Phi) is 5.20. The first-order valence-corrected chi connectivity index (χ1v) is 9.56. The maximum atomic E-state index is 12.3. The van der Waals surface area contributed by atoms with Gasteiger partial charge in [0.05, 0.1) is 12.1 Å². The third-order valence-electron chi connectivity index (χ3n) is 3.98. The summed E-state index contributed by atoms with van der Waals surface area (Å²) in [5, 5.41) is 7.77. The van der Waals surface area contributed by atoms with E-state index >= 15 is 0 Å². The van der Waals surface area contributed by atoms with E-state index in [4.69, 9.17) is 9.47 Å². The molecule has 2 aromatic carbocycles. The van der Waals surface area contributed by atoms with Crippen LogP contribution in [0.25, 0.3) is 0 Å². The van der Waals surface area contributed by atoms with Crippen LogP contribution in [-0.4, -0.2) is 30.0 Å². The molecule has 0 spiro atoms. The fourth-order valence-corrected chi connectivity index (χ4v) is 3.40. The number of fused-ring (bicyclic) bond motifs is 1. The number of thiazole rings is 1. The molecule has 1 aromatic heterocycles. The van der Waals surface area contributed by atoms with E-state index in [1.807, 2.05) is 6.07 Å². The Morgan fingerprint density at radius 2 is 1.79 bits per heavy atom. The number of amides is 2. The van der Waals surface area contributed by atoms with Crippen molar-refractivity contribution in [3.05, 3.63) is 65.2 Å². The van der Waals surface area contributed by atoms with Gasteiger partial charge in [0.15, 0.2) is 16.6 Å². The van der Waals surface area contributed by atoms with Crippen LogP contribution in [0.15, 0.2) is 53.9 Å². The number of carbonyl (C=O) groups is 2. The highest BCUT2D eigenvalue weighted by molar-refractivity contribution is 7.14. The molecule has 0 aliphatic carbocycles. The lowest BCUT2D eigenvalue weighted by atomic mass is 10.2. The van der Waals surface area contributed by atoms with E-state index in [0.29, 0.717) is 46.8 Å². The van der Waals surface area contributed by atoms with Crippen LogP contribution in [0.4, 0.5) is 10.8 Å². The minimum absolute atomic E-state index is 0.103. The van der Waals surface area contributed by atoms with Crippen LogP contribution < -0.4 is 20.1 Å². The van der Waals surface area contributed by atoms with Crippen LogP contribution in [-0.2, 0) is 11.2 Å². The zero-order chi connectivity index (χ0) is 19.3. The molecule has 1 aliphatic rings. The maximum absolute atomic E-state index is 12.3. The summed E-state index contributed by atoms with van der Waals surface area (Å²) in [6.45, 7) is 1.01. The Balaban J connectivity index is 1.34. The van der Waals surface area contributed by atoms with Crippen molar-refractivity contribution < 1.29 is 19.1 Å². The molecule has 142 valence electrons. The van der Waals surface area contributed by atoms with Crippen LogP contribution in [0.1, 0.15) is 16.1 Å². The second-order valence-electron chi connectivity index (χ2n) is 6.05. The van der Waals surface area contributed by atoms with Gasteiger partial charge < -0.3 is 14.8 Å². The average molecular weight is 395 g/mol. The van der Waals surface area contributed by atoms with Gasteiger partial charge in [-0.15, -0.1) is 11.3 Å². The van der Waals surface area contributed by atoms with Gasteiger partial charge in [0.1, 0.15) is 13.2 Å². The monoisotopic (exact) mass is 395 g/mol. The molecule has 2 heterocycles. The van der Waals surface area contributed by atoms with E-state index in [9.17, 15) is 9.59 Å². The van der Waals surface area contributed by atoms with Crippen molar-refractivity contribution in [2.24, 2.45) is 0 Å². The molecule has 2 N–H and O–H groups in total. The number of carbonyl (C=O) groups excluding carboxylic acids is 2. The number of aromatic nitrogens is 1.